The smallest absolute Gasteiger partial charge is 0.0246 e. The lowest BCUT2D eigenvalue weighted by atomic mass is 9.78. The topological polar surface area (TPSA) is 29.3 Å². The lowest BCUT2D eigenvalue weighted by molar-refractivity contribution is 0.0749. The van der Waals surface area contributed by atoms with E-state index in [1.807, 2.05) is 0 Å². The molecule has 0 aromatic carbocycles. The Kier molecular flexibility index (Phi) is 4.04. The van der Waals surface area contributed by atoms with Gasteiger partial charge in [-0.25, -0.2) is 0 Å². The predicted octanol–water partition coefficient (Wildman–Crippen LogP) is 2.24. The molecule has 0 saturated heterocycles. The fraction of sp³-hybridized carbons (Fsp3) is 1.00. The highest BCUT2D eigenvalue weighted by Crippen LogP contribution is 2.34. The minimum Gasteiger partial charge on any atom is -0.329 e. The molecule has 2 aliphatic rings. The van der Waals surface area contributed by atoms with Gasteiger partial charge in [-0.3, -0.25) is 4.90 Å². The van der Waals surface area contributed by atoms with E-state index in [0.717, 1.165) is 18.4 Å². The fourth-order valence-corrected chi connectivity index (χ4v) is 2.97. The van der Waals surface area contributed by atoms with Gasteiger partial charge in [-0.1, -0.05) is 19.8 Å². The first kappa shape index (κ1) is 11.4. The van der Waals surface area contributed by atoms with Crippen LogP contribution in [0.4, 0.5) is 0 Å². The highest BCUT2D eigenvalue weighted by molar-refractivity contribution is 4.87. The summed E-state index contributed by atoms with van der Waals surface area (Å²) in [6.07, 6.45) is 8.64. The molecule has 1 atom stereocenters. The monoisotopic (exact) mass is 210 g/mol. The zero-order chi connectivity index (χ0) is 10.7. The van der Waals surface area contributed by atoms with Crippen LogP contribution in [-0.2, 0) is 0 Å². The van der Waals surface area contributed by atoms with Gasteiger partial charge >= 0.3 is 0 Å². The molecule has 0 spiro atoms. The van der Waals surface area contributed by atoms with Crippen molar-refractivity contribution in [3.05, 3.63) is 0 Å². The first-order chi connectivity index (χ1) is 7.35. The van der Waals surface area contributed by atoms with Crippen molar-refractivity contribution < 1.29 is 0 Å². The maximum atomic E-state index is 5.95. The number of nitrogens with zero attached hydrogens (tertiary/aromatic N) is 1. The van der Waals surface area contributed by atoms with E-state index in [-0.39, 0.29) is 0 Å². The zero-order valence-corrected chi connectivity index (χ0v) is 10.1. The predicted molar refractivity (Wildman–Crippen MR) is 64.8 cm³/mol. The van der Waals surface area contributed by atoms with Gasteiger partial charge in [0.1, 0.15) is 0 Å². The second kappa shape index (κ2) is 5.31. The highest BCUT2D eigenvalue weighted by atomic mass is 15.2. The molecule has 0 radical (unpaired) electrons. The summed E-state index contributed by atoms with van der Waals surface area (Å²) in [4.78, 5) is 2.66. The maximum Gasteiger partial charge on any atom is 0.0246 e. The van der Waals surface area contributed by atoms with Gasteiger partial charge < -0.3 is 5.73 Å². The lowest BCUT2D eigenvalue weighted by Crippen LogP contribution is -2.49. The Balaban J connectivity index is 1.83. The molecule has 0 aromatic rings. The Morgan fingerprint density at radius 3 is 2.20 bits per heavy atom. The molecule has 2 N–H and O–H groups in total. The van der Waals surface area contributed by atoms with Crippen LogP contribution in [0.3, 0.4) is 0 Å². The summed E-state index contributed by atoms with van der Waals surface area (Å²) in [7, 11) is 0. The molecular weight excluding hydrogens is 184 g/mol. The van der Waals surface area contributed by atoms with Gasteiger partial charge in [0.05, 0.1) is 0 Å². The number of hydrogen-bond acceptors (Lipinski definition) is 2. The maximum absolute atomic E-state index is 5.95. The Bertz CT molecular complexity index is 185. The molecule has 0 bridgehead atoms. The van der Waals surface area contributed by atoms with Crippen molar-refractivity contribution in [2.75, 3.05) is 19.6 Å². The number of likely N-dealkylation sites (N-methyl/N-ethyl adjacent to an activating group) is 1. The molecule has 0 aliphatic heterocycles. The number of hydrogen-bond donors (Lipinski definition) is 1. The quantitative estimate of drug-likeness (QED) is 0.728. The van der Waals surface area contributed by atoms with Gasteiger partial charge in [0.15, 0.2) is 0 Å². The molecule has 2 rings (SSSR count). The van der Waals surface area contributed by atoms with E-state index in [2.05, 4.69) is 11.8 Å². The third kappa shape index (κ3) is 2.54. The Morgan fingerprint density at radius 2 is 1.87 bits per heavy atom. The van der Waals surface area contributed by atoms with Crippen LogP contribution in [0.25, 0.3) is 0 Å². The van der Waals surface area contributed by atoms with Gasteiger partial charge in [-0.2, -0.15) is 0 Å². The van der Waals surface area contributed by atoms with E-state index in [1.165, 1.54) is 51.6 Å². The molecular formula is C13H26N2. The van der Waals surface area contributed by atoms with Crippen LogP contribution in [0.2, 0.25) is 0 Å². The minimum absolute atomic E-state index is 0.685. The van der Waals surface area contributed by atoms with Crippen LogP contribution >= 0.6 is 0 Å². The number of rotatable bonds is 6. The van der Waals surface area contributed by atoms with Crippen LogP contribution in [-0.4, -0.2) is 30.6 Å². The molecule has 15 heavy (non-hydrogen) atoms. The molecule has 0 amide bonds. The summed E-state index contributed by atoms with van der Waals surface area (Å²) in [6.45, 7) is 5.66. The standard InChI is InChI=1S/C13H26N2/c1-2-15(10-11-5-3-6-11)13(9-14)12-7-4-8-12/h11-13H,2-10,14H2,1H3. The first-order valence-corrected chi connectivity index (χ1v) is 6.79. The lowest BCUT2D eigenvalue weighted by Gasteiger charge is -2.43. The third-order valence-electron chi connectivity index (χ3n) is 4.53. The van der Waals surface area contributed by atoms with Gasteiger partial charge in [-0.15, -0.1) is 0 Å². The molecule has 0 heterocycles. The minimum atomic E-state index is 0.685. The van der Waals surface area contributed by atoms with E-state index < -0.39 is 0 Å². The van der Waals surface area contributed by atoms with Crippen LogP contribution in [0, 0.1) is 11.8 Å². The normalized spacial score (nSPS) is 25.0. The van der Waals surface area contributed by atoms with Crippen molar-refractivity contribution >= 4 is 0 Å². The number of nitrogens with two attached hydrogens (primary N) is 1. The molecule has 2 fully saturated rings. The molecule has 2 aliphatic carbocycles. The van der Waals surface area contributed by atoms with Crippen molar-refractivity contribution in [3.8, 4) is 0 Å². The SMILES string of the molecule is CCN(CC1CCC1)C(CN)C1CCC1. The molecule has 2 heteroatoms. The summed E-state index contributed by atoms with van der Waals surface area (Å²) >= 11 is 0. The van der Waals surface area contributed by atoms with Crippen molar-refractivity contribution in [3.63, 3.8) is 0 Å². The van der Waals surface area contributed by atoms with E-state index in [4.69, 9.17) is 5.73 Å². The summed E-state index contributed by atoms with van der Waals surface area (Å²) in [6, 6.07) is 0.685. The third-order valence-corrected chi connectivity index (χ3v) is 4.53. The second-order valence-corrected chi connectivity index (χ2v) is 5.38. The summed E-state index contributed by atoms with van der Waals surface area (Å²) in [5.74, 6) is 1.90. The van der Waals surface area contributed by atoms with Crippen LogP contribution in [0.5, 0.6) is 0 Å². The van der Waals surface area contributed by atoms with Crippen LogP contribution < -0.4 is 5.73 Å². The van der Waals surface area contributed by atoms with Gasteiger partial charge in [-0.05, 0) is 44.1 Å². The zero-order valence-electron chi connectivity index (χ0n) is 10.1. The fourth-order valence-electron chi connectivity index (χ4n) is 2.97. The Labute approximate surface area is 94.2 Å². The van der Waals surface area contributed by atoms with Crippen molar-refractivity contribution in [2.45, 2.75) is 51.5 Å². The summed E-state index contributed by atoms with van der Waals surface area (Å²) in [5, 5.41) is 0. The van der Waals surface area contributed by atoms with E-state index in [1.54, 1.807) is 0 Å². The Morgan fingerprint density at radius 1 is 1.20 bits per heavy atom. The molecule has 2 nitrogen and oxygen atoms in total. The van der Waals surface area contributed by atoms with Crippen LogP contribution in [0.1, 0.15) is 45.4 Å². The first-order valence-electron chi connectivity index (χ1n) is 6.79. The average molecular weight is 210 g/mol. The van der Waals surface area contributed by atoms with E-state index in [0.29, 0.717) is 6.04 Å². The van der Waals surface area contributed by atoms with Crippen LogP contribution in [0.15, 0.2) is 0 Å². The van der Waals surface area contributed by atoms with Gasteiger partial charge in [0, 0.05) is 19.1 Å². The second-order valence-electron chi connectivity index (χ2n) is 5.38. The van der Waals surface area contributed by atoms with Gasteiger partial charge in [0.2, 0.25) is 0 Å². The largest absolute Gasteiger partial charge is 0.329 e. The van der Waals surface area contributed by atoms with E-state index >= 15 is 0 Å². The highest BCUT2D eigenvalue weighted by Gasteiger charge is 2.31. The average Bonchev–Trinajstić information content (AvgIpc) is 2.11. The summed E-state index contributed by atoms with van der Waals surface area (Å²) < 4.78 is 0. The molecule has 88 valence electrons. The van der Waals surface area contributed by atoms with Gasteiger partial charge in [0.25, 0.3) is 0 Å². The van der Waals surface area contributed by atoms with Crippen molar-refractivity contribution in [1.29, 1.82) is 0 Å². The molecule has 1 unspecified atom stereocenters. The van der Waals surface area contributed by atoms with Crippen molar-refractivity contribution in [1.82, 2.24) is 4.90 Å². The summed E-state index contributed by atoms with van der Waals surface area (Å²) in [5.41, 5.74) is 5.95. The molecule has 2 saturated carbocycles. The van der Waals surface area contributed by atoms with E-state index in [9.17, 15) is 0 Å². The molecule has 0 aromatic heterocycles. The van der Waals surface area contributed by atoms with Crippen molar-refractivity contribution in [2.24, 2.45) is 17.6 Å². The Hall–Kier alpha value is -0.0800.